The van der Waals surface area contributed by atoms with Gasteiger partial charge in [0.2, 0.25) is 5.88 Å². The predicted molar refractivity (Wildman–Crippen MR) is 113 cm³/mol. The maximum atomic E-state index is 12.1. The number of nitrogens with one attached hydrogen (secondary N) is 1. The number of aryl methyl sites for hydroxylation is 1. The van der Waals surface area contributed by atoms with E-state index in [-0.39, 0.29) is 24.7 Å². The number of halogens is 1. The first-order valence-electron chi connectivity index (χ1n) is 8.69. The van der Waals surface area contributed by atoms with Crippen LogP contribution in [0.3, 0.4) is 0 Å². The number of hydrazone groups is 1. The third-order valence-corrected chi connectivity index (χ3v) is 4.53. The molecular formula is C20H21BrN4O5. The molecule has 0 aliphatic rings. The number of amides is 1. The second-order valence-electron chi connectivity index (χ2n) is 5.96. The van der Waals surface area contributed by atoms with Crippen molar-refractivity contribution in [3.8, 4) is 23.4 Å². The Morgan fingerprint density at radius 1 is 1.27 bits per heavy atom. The van der Waals surface area contributed by atoms with Crippen LogP contribution in [-0.4, -0.2) is 45.0 Å². The lowest BCUT2D eigenvalue weighted by Gasteiger charge is -2.11. The number of carbonyl (C=O) groups is 1. The van der Waals surface area contributed by atoms with Crippen LogP contribution in [0.4, 0.5) is 0 Å². The normalized spacial score (nSPS) is 10.5. The third-order valence-electron chi connectivity index (χ3n) is 3.84. The number of ether oxygens (including phenoxy) is 4. The summed E-state index contributed by atoms with van der Waals surface area (Å²) in [4.78, 5) is 16.3. The number of nitriles is 1. The molecule has 1 heterocycles. The molecule has 1 amide bonds. The minimum atomic E-state index is -0.511. The molecule has 1 N–H and O–H groups in total. The van der Waals surface area contributed by atoms with Crippen molar-refractivity contribution in [3.63, 3.8) is 0 Å². The number of hydrogen-bond donors (Lipinski definition) is 1. The van der Waals surface area contributed by atoms with Crippen molar-refractivity contribution in [2.75, 3.05) is 27.9 Å². The van der Waals surface area contributed by atoms with E-state index in [0.717, 1.165) is 0 Å². The molecule has 0 unspecified atom stereocenters. The Bertz CT molecular complexity index is 988. The van der Waals surface area contributed by atoms with Crippen molar-refractivity contribution >= 4 is 28.1 Å². The number of nitrogens with zero attached hydrogens (tertiary/aromatic N) is 3. The smallest absolute Gasteiger partial charge is 0.278 e. The molecule has 158 valence electrons. The van der Waals surface area contributed by atoms with E-state index in [4.69, 9.17) is 18.9 Å². The number of carbonyl (C=O) groups excluding carboxylic acids is 1. The number of pyridine rings is 1. The molecule has 0 saturated carbocycles. The molecule has 0 bridgehead atoms. The Hall–Kier alpha value is -3.16. The molecule has 0 atom stereocenters. The van der Waals surface area contributed by atoms with Crippen LogP contribution in [0.2, 0.25) is 0 Å². The molecule has 10 heteroatoms. The SMILES string of the molecule is COCc1cc(C)nc(OCC(=O)N/N=C\c2cc(OC)c(OC)cc2Br)c1C#N. The molecule has 9 nitrogen and oxygen atoms in total. The highest BCUT2D eigenvalue weighted by molar-refractivity contribution is 9.10. The van der Waals surface area contributed by atoms with Crippen LogP contribution >= 0.6 is 15.9 Å². The fourth-order valence-corrected chi connectivity index (χ4v) is 2.94. The van der Waals surface area contributed by atoms with E-state index in [1.165, 1.54) is 27.5 Å². The Morgan fingerprint density at radius 3 is 2.60 bits per heavy atom. The Labute approximate surface area is 182 Å². The van der Waals surface area contributed by atoms with E-state index in [0.29, 0.717) is 32.8 Å². The number of rotatable bonds is 9. The molecule has 0 spiro atoms. The molecule has 0 fully saturated rings. The summed E-state index contributed by atoms with van der Waals surface area (Å²) in [7, 11) is 4.59. The van der Waals surface area contributed by atoms with Gasteiger partial charge in [-0.05, 0) is 41.1 Å². The summed E-state index contributed by atoms with van der Waals surface area (Å²) < 4.78 is 21.7. The zero-order valence-electron chi connectivity index (χ0n) is 17.0. The van der Waals surface area contributed by atoms with E-state index in [9.17, 15) is 10.1 Å². The van der Waals surface area contributed by atoms with Crippen molar-refractivity contribution in [2.45, 2.75) is 13.5 Å². The third kappa shape index (κ3) is 5.92. The zero-order valence-corrected chi connectivity index (χ0v) is 18.6. The highest BCUT2D eigenvalue weighted by Gasteiger charge is 2.14. The van der Waals surface area contributed by atoms with Gasteiger partial charge in [0.05, 0.1) is 27.0 Å². The van der Waals surface area contributed by atoms with E-state index in [1.807, 2.05) is 6.07 Å². The quantitative estimate of drug-likeness (QED) is 0.436. The lowest BCUT2D eigenvalue weighted by Crippen LogP contribution is -2.25. The summed E-state index contributed by atoms with van der Waals surface area (Å²) in [6, 6.07) is 7.21. The molecular weight excluding hydrogens is 456 g/mol. The topological polar surface area (TPSA) is 115 Å². The summed E-state index contributed by atoms with van der Waals surface area (Å²) in [6.45, 7) is 1.64. The monoisotopic (exact) mass is 476 g/mol. The van der Waals surface area contributed by atoms with Gasteiger partial charge in [0.1, 0.15) is 11.6 Å². The van der Waals surface area contributed by atoms with Crippen LogP contribution in [-0.2, 0) is 16.1 Å². The lowest BCUT2D eigenvalue weighted by molar-refractivity contribution is -0.123. The Balaban J connectivity index is 2.04. The lowest BCUT2D eigenvalue weighted by atomic mass is 10.1. The van der Waals surface area contributed by atoms with Crippen LogP contribution in [0, 0.1) is 18.3 Å². The van der Waals surface area contributed by atoms with Crippen LogP contribution in [0.5, 0.6) is 17.4 Å². The minimum absolute atomic E-state index is 0.0753. The largest absolute Gasteiger partial charge is 0.493 e. The van der Waals surface area contributed by atoms with Gasteiger partial charge in [-0.1, -0.05) is 0 Å². The molecule has 0 aliphatic heterocycles. The number of benzene rings is 1. The van der Waals surface area contributed by atoms with Crippen molar-refractivity contribution in [1.29, 1.82) is 5.26 Å². The van der Waals surface area contributed by atoms with E-state index in [1.54, 1.807) is 25.1 Å². The van der Waals surface area contributed by atoms with Gasteiger partial charge in [0.15, 0.2) is 18.1 Å². The first-order chi connectivity index (χ1) is 14.4. The van der Waals surface area contributed by atoms with Crippen LogP contribution in [0.1, 0.15) is 22.4 Å². The van der Waals surface area contributed by atoms with E-state index >= 15 is 0 Å². The van der Waals surface area contributed by atoms with Crippen molar-refractivity contribution in [2.24, 2.45) is 5.10 Å². The molecule has 0 saturated heterocycles. The van der Waals surface area contributed by atoms with Crippen molar-refractivity contribution in [3.05, 3.63) is 45.1 Å². The first-order valence-corrected chi connectivity index (χ1v) is 9.48. The average Bonchev–Trinajstić information content (AvgIpc) is 2.73. The number of hydrogen-bond acceptors (Lipinski definition) is 8. The predicted octanol–water partition coefficient (Wildman–Crippen LogP) is 2.72. The second kappa shape index (κ2) is 11.1. The molecule has 2 aromatic rings. The van der Waals surface area contributed by atoms with Gasteiger partial charge < -0.3 is 18.9 Å². The standard InChI is InChI=1S/C20H21BrN4O5/c1-12-5-14(10-27-2)15(8-22)20(24-12)30-11-19(26)25-23-9-13-6-17(28-3)18(29-4)7-16(13)21/h5-7,9H,10-11H2,1-4H3,(H,25,26)/b23-9-. The average molecular weight is 477 g/mol. The van der Waals surface area contributed by atoms with Gasteiger partial charge in [-0.25, -0.2) is 10.4 Å². The summed E-state index contributed by atoms with van der Waals surface area (Å²) in [5.74, 6) is 0.652. The van der Waals surface area contributed by atoms with Gasteiger partial charge in [-0.3, -0.25) is 4.79 Å². The summed E-state index contributed by atoms with van der Waals surface area (Å²) in [6.07, 6.45) is 1.45. The maximum Gasteiger partial charge on any atom is 0.278 e. The molecule has 2 rings (SSSR count). The molecule has 30 heavy (non-hydrogen) atoms. The number of methoxy groups -OCH3 is 3. The molecule has 1 aromatic carbocycles. The van der Waals surface area contributed by atoms with Crippen molar-refractivity contribution in [1.82, 2.24) is 10.4 Å². The van der Waals surface area contributed by atoms with Gasteiger partial charge in [0, 0.05) is 28.4 Å². The highest BCUT2D eigenvalue weighted by Crippen LogP contribution is 2.32. The van der Waals surface area contributed by atoms with Gasteiger partial charge in [-0.2, -0.15) is 10.4 Å². The van der Waals surface area contributed by atoms with Crippen LogP contribution < -0.4 is 19.6 Å². The molecule has 1 aromatic heterocycles. The molecule has 0 aliphatic carbocycles. The highest BCUT2D eigenvalue weighted by atomic mass is 79.9. The molecule has 0 radical (unpaired) electrons. The summed E-state index contributed by atoms with van der Waals surface area (Å²) in [5, 5.41) is 13.3. The fraction of sp³-hybridized carbons (Fsp3) is 0.300. The van der Waals surface area contributed by atoms with E-state index < -0.39 is 5.91 Å². The summed E-state index contributed by atoms with van der Waals surface area (Å²) >= 11 is 3.41. The van der Waals surface area contributed by atoms with Gasteiger partial charge in [-0.15, -0.1) is 0 Å². The van der Waals surface area contributed by atoms with E-state index in [2.05, 4.69) is 31.4 Å². The Kier molecular flexibility index (Phi) is 8.58. The maximum absolute atomic E-state index is 12.1. The summed E-state index contributed by atoms with van der Waals surface area (Å²) in [5.41, 5.74) is 4.55. The van der Waals surface area contributed by atoms with Crippen LogP contribution in [0.25, 0.3) is 0 Å². The fourth-order valence-electron chi connectivity index (χ4n) is 2.51. The zero-order chi connectivity index (χ0) is 22.1. The van der Waals surface area contributed by atoms with Gasteiger partial charge >= 0.3 is 0 Å². The van der Waals surface area contributed by atoms with Crippen LogP contribution in [0.15, 0.2) is 27.8 Å². The Morgan fingerprint density at radius 2 is 1.97 bits per heavy atom. The minimum Gasteiger partial charge on any atom is -0.493 e. The first kappa shape index (κ1) is 23.1. The number of aromatic nitrogens is 1. The van der Waals surface area contributed by atoms with Gasteiger partial charge in [0.25, 0.3) is 5.91 Å². The van der Waals surface area contributed by atoms with Crippen molar-refractivity contribution < 1.29 is 23.7 Å². The second-order valence-corrected chi connectivity index (χ2v) is 6.81.